The van der Waals surface area contributed by atoms with Crippen LogP contribution in [0.15, 0.2) is 53.4 Å². The van der Waals surface area contributed by atoms with Crippen LogP contribution < -0.4 is 10.0 Å². The molecule has 0 heterocycles. The third-order valence-corrected chi connectivity index (χ3v) is 4.57. The molecule has 2 aromatic rings. The molecule has 0 radical (unpaired) electrons. The fourth-order valence-corrected chi connectivity index (χ4v) is 2.61. The number of anilines is 1. The molecule has 0 aliphatic heterocycles. The highest BCUT2D eigenvalue weighted by Gasteiger charge is 2.30. The van der Waals surface area contributed by atoms with E-state index in [0.29, 0.717) is 0 Å². The maximum atomic E-state index is 12.7. The number of nitrogens with one attached hydrogen (secondary N) is 2. The highest BCUT2D eigenvalue weighted by atomic mass is 32.2. The van der Waals surface area contributed by atoms with Gasteiger partial charge in [0.25, 0.3) is 5.91 Å². The van der Waals surface area contributed by atoms with Gasteiger partial charge in [0.2, 0.25) is 10.0 Å². The third-order valence-electron chi connectivity index (χ3n) is 3.14. The lowest BCUT2D eigenvalue weighted by Crippen LogP contribution is -2.18. The molecule has 2 N–H and O–H groups in total. The van der Waals surface area contributed by atoms with E-state index in [2.05, 4.69) is 10.0 Å². The molecule has 128 valence electrons. The van der Waals surface area contributed by atoms with Crippen LogP contribution in [0.4, 0.5) is 18.9 Å². The van der Waals surface area contributed by atoms with Gasteiger partial charge in [-0.15, -0.1) is 0 Å². The topological polar surface area (TPSA) is 75.3 Å². The number of sulfonamides is 1. The number of alkyl halides is 3. The standard InChI is InChI=1S/C15H13F3N2O3S/c1-19-24(22,23)13-7-5-12(6-8-13)20-14(21)10-3-2-4-11(9-10)15(16,17)18/h2-9,19H,1H3,(H,20,21). The van der Waals surface area contributed by atoms with E-state index < -0.39 is 27.7 Å². The molecule has 0 saturated heterocycles. The van der Waals surface area contributed by atoms with E-state index in [1.54, 1.807) is 0 Å². The normalized spacial score (nSPS) is 12.0. The lowest BCUT2D eigenvalue weighted by molar-refractivity contribution is -0.137. The summed E-state index contributed by atoms with van der Waals surface area (Å²) in [4.78, 5) is 12.0. The molecule has 9 heteroatoms. The van der Waals surface area contributed by atoms with Crippen LogP contribution in [0.3, 0.4) is 0 Å². The molecule has 0 saturated carbocycles. The van der Waals surface area contributed by atoms with Gasteiger partial charge in [-0.05, 0) is 49.5 Å². The summed E-state index contributed by atoms with van der Waals surface area (Å²) in [6.45, 7) is 0. The maximum absolute atomic E-state index is 12.7. The van der Waals surface area contributed by atoms with E-state index in [9.17, 15) is 26.4 Å². The van der Waals surface area contributed by atoms with Crippen LogP contribution in [0, 0.1) is 0 Å². The van der Waals surface area contributed by atoms with Crippen molar-refractivity contribution < 1.29 is 26.4 Å². The van der Waals surface area contributed by atoms with Crippen molar-refractivity contribution in [2.75, 3.05) is 12.4 Å². The minimum Gasteiger partial charge on any atom is -0.322 e. The van der Waals surface area contributed by atoms with Crippen LogP contribution in [0.1, 0.15) is 15.9 Å². The van der Waals surface area contributed by atoms with Crippen LogP contribution >= 0.6 is 0 Å². The Morgan fingerprint density at radius 3 is 2.21 bits per heavy atom. The molecular formula is C15H13F3N2O3S. The van der Waals surface area contributed by atoms with Gasteiger partial charge in [-0.25, -0.2) is 13.1 Å². The zero-order chi connectivity index (χ0) is 18.0. The van der Waals surface area contributed by atoms with Crippen LogP contribution in [-0.4, -0.2) is 21.4 Å². The first-order valence-corrected chi connectivity index (χ1v) is 8.14. The smallest absolute Gasteiger partial charge is 0.322 e. The van der Waals surface area contributed by atoms with Crippen molar-refractivity contribution in [3.63, 3.8) is 0 Å². The zero-order valence-electron chi connectivity index (χ0n) is 12.4. The van der Waals surface area contributed by atoms with Crippen LogP contribution in [0.25, 0.3) is 0 Å². The number of benzene rings is 2. The molecule has 0 atom stereocenters. The highest BCUT2D eigenvalue weighted by molar-refractivity contribution is 7.89. The van der Waals surface area contributed by atoms with Gasteiger partial charge in [0, 0.05) is 11.3 Å². The molecule has 5 nitrogen and oxygen atoms in total. The molecule has 2 aromatic carbocycles. The number of rotatable bonds is 4. The summed E-state index contributed by atoms with van der Waals surface area (Å²) in [5.74, 6) is -0.731. The summed E-state index contributed by atoms with van der Waals surface area (Å²) in [5, 5.41) is 2.41. The minimum absolute atomic E-state index is 0.00191. The molecule has 0 aliphatic rings. The van der Waals surface area contributed by atoms with Crippen molar-refractivity contribution in [2.24, 2.45) is 0 Å². The van der Waals surface area contributed by atoms with Gasteiger partial charge in [0.05, 0.1) is 10.5 Å². The number of carbonyl (C=O) groups excluding carboxylic acids is 1. The van der Waals surface area contributed by atoms with E-state index in [4.69, 9.17) is 0 Å². The Kier molecular flexibility index (Phi) is 4.95. The molecule has 0 spiro atoms. The fraction of sp³-hybridized carbons (Fsp3) is 0.133. The lowest BCUT2D eigenvalue weighted by atomic mass is 10.1. The second-order valence-corrected chi connectivity index (χ2v) is 6.65. The summed E-state index contributed by atoms with van der Waals surface area (Å²) >= 11 is 0. The summed E-state index contributed by atoms with van der Waals surface area (Å²) in [5.41, 5.74) is -0.824. The van der Waals surface area contributed by atoms with Crippen LogP contribution in [0.2, 0.25) is 0 Å². The van der Waals surface area contributed by atoms with E-state index in [0.717, 1.165) is 18.2 Å². The molecular weight excluding hydrogens is 345 g/mol. The fourth-order valence-electron chi connectivity index (χ4n) is 1.88. The van der Waals surface area contributed by atoms with Gasteiger partial charge in [0.15, 0.2) is 0 Å². The Balaban J connectivity index is 2.19. The third kappa shape index (κ3) is 4.12. The van der Waals surface area contributed by atoms with Crippen molar-refractivity contribution in [1.82, 2.24) is 4.72 Å². The van der Waals surface area contributed by atoms with Gasteiger partial charge in [0.1, 0.15) is 0 Å². The highest BCUT2D eigenvalue weighted by Crippen LogP contribution is 2.29. The minimum atomic E-state index is -4.54. The first-order valence-electron chi connectivity index (χ1n) is 6.66. The number of hydrogen-bond acceptors (Lipinski definition) is 3. The molecule has 0 aliphatic carbocycles. The molecule has 24 heavy (non-hydrogen) atoms. The monoisotopic (exact) mass is 358 g/mol. The number of amides is 1. The quantitative estimate of drug-likeness (QED) is 0.883. The van der Waals surface area contributed by atoms with Crippen LogP contribution in [0.5, 0.6) is 0 Å². The number of carbonyl (C=O) groups is 1. The van der Waals surface area contributed by atoms with Crippen molar-refractivity contribution in [2.45, 2.75) is 11.1 Å². The number of hydrogen-bond donors (Lipinski definition) is 2. The van der Waals surface area contributed by atoms with Gasteiger partial charge < -0.3 is 5.32 Å². The molecule has 0 aromatic heterocycles. The number of halogens is 3. The van der Waals surface area contributed by atoms with Gasteiger partial charge in [-0.3, -0.25) is 4.79 Å². The summed E-state index contributed by atoms with van der Waals surface area (Å²) in [7, 11) is -2.34. The van der Waals surface area contributed by atoms with E-state index >= 15 is 0 Å². The Morgan fingerprint density at radius 2 is 1.67 bits per heavy atom. The van der Waals surface area contributed by atoms with Crippen molar-refractivity contribution in [3.05, 3.63) is 59.7 Å². The molecule has 1 amide bonds. The Morgan fingerprint density at radius 1 is 1.04 bits per heavy atom. The predicted octanol–water partition coefficient (Wildman–Crippen LogP) is 2.87. The SMILES string of the molecule is CNS(=O)(=O)c1ccc(NC(=O)c2cccc(C(F)(F)F)c2)cc1. The maximum Gasteiger partial charge on any atom is 0.416 e. The largest absolute Gasteiger partial charge is 0.416 e. The van der Waals surface area contributed by atoms with E-state index in [1.165, 1.54) is 37.4 Å². The first kappa shape index (κ1) is 18.0. The first-order chi connectivity index (χ1) is 11.1. The van der Waals surface area contributed by atoms with Gasteiger partial charge in [-0.2, -0.15) is 13.2 Å². The summed E-state index contributed by atoms with van der Waals surface area (Å²) < 4.78 is 63.3. The van der Waals surface area contributed by atoms with Crippen molar-refractivity contribution in [1.29, 1.82) is 0 Å². The van der Waals surface area contributed by atoms with Crippen molar-refractivity contribution in [3.8, 4) is 0 Å². The van der Waals surface area contributed by atoms with Gasteiger partial charge in [-0.1, -0.05) is 6.07 Å². The molecule has 0 unspecified atom stereocenters. The molecule has 0 fully saturated rings. The average molecular weight is 358 g/mol. The predicted molar refractivity (Wildman–Crippen MR) is 82.1 cm³/mol. The summed E-state index contributed by atoms with van der Waals surface area (Å²) in [6, 6.07) is 9.24. The second kappa shape index (κ2) is 6.62. The van der Waals surface area contributed by atoms with Crippen LogP contribution in [-0.2, 0) is 16.2 Å². The average Bonchev–Trinajstić information content (AvgIpc) is 2.54. The molecule has 2 rings (SSSR count). The van der Waals surface area contributed by atoms with E-state index in [1.807, 2.05) is 0 Å². The van der Waals surface area contributed by atoms with E-state index in [-0.39, 0.29) is 16.1 Å². The lowest BCUT2D eigenvalue weighted by Gasteiger charge is -2.10. The van der Waals surface area contributed by atoms with Crippen molar-refractivity contribution >= 4 is 21.6 Å². The second-order valence-electron chi connectivity index (χ2n) is 4.76. The Bertz CT molecular complexity index is 847. The Hall–Kier alpha value is -2.39. The Labute approximate surface area is 136 Å². The zero-order valence-corrected chi connectivity index (χ0v) is 13.2. The summed E-state index contributed by atoms with van der Waals surface area (Å²) in [6.07, 6.45) is -4.54. The van der Waals surface area contributed by atoms with Gasteiger partial charge >= 0.3 is 6.18 Å². The molecule has 0 bridgehead atoms.